The number of hydrogen-bond acceptors (Lipinski definition) is 5. The number of thioether (sulfide) groups is 1. The summed E-state index contributed by atoms with van der Waals surface area (Å²) in [5.41, 5.74) is 0.297. The molecule has 2 unspecified atom stereocenters. The predicted octanol–water partition coefficient (Wildman–Crippen LogP) is 0.480. The van der Waals surface area contributed by atoms with Crippen LogP contribution in [0.5, 0.6) is 0 Å². The van der Waals surface area contributed by atoms with Gasteiger partial charge in [0.15, 0.2) is 0 Å². The summed E-state index contributed by atoms with van der Waals surface area (Å²) in [6.45, 7) is 4.89. The van der Waals surface area contributed by atoms with Crippen LogP contribution in [0.25, 0.3) is 0 Å². The third kappa shape index (κ3) is 3.79. The van der Waals surface area contributed by atoms with Crippen molar-refractivity contribution in [1.29, 1.82) is 0 Å². The molecule has 1 aromatic heterocycles. The highest BCUT2D eigenvalue weighted by molar-refractivity contribution is 7.99. The molecule has 1 amide bonds. The number of amides is 1. The van der Waals surface area contributed by atoms with Gasteiger partial charge >= 0.3 is 0 Å². The number of carbonyl (C=O) groups excluding carboxylic acids is 1. The van der Waals surface area contributed by atoms with Crippen LogP contribution in [-0.2, 0) is 10.0 Å². The van der Waals surface area contributed by atoms with Gasteiger partial charge in [-0.15, -0.1) is 0 Å². The Morgan fingerprint density at radius 2 is 2.12 bits per heavy atom. The summed E-state index contributed by atoms with van der Waals surface area (Å²) in [4.78, 5) is 15.4. The summed E-state index contributed by atoms with van der Waals surface area (Å²) in [5, 5.41) is 6.30. The lowest BCUT2D eigenvalue weighted by atomic mass is 9.95. The Balaban J connectivity index is 1.69. The summed E-state index contributed by atoms with van der Waals surface area (Å²) >= 11 is 1.76. The lowest BCUT2D eigenvalue weighted by Gasteiger charge is -2.30. The zero-order chi connectivity index (χ0) is 17.2. The van der Waals surface area contributed by atoms with Crippen molar-refractivity contribution in [2.75, 3.05) is 37.7 Å². The molecule has 0 radical (unpaired) electrons. The number of hydrogen-bond donors (Lipinski definition) is 3. The Bertz CT molecular complexity index is 683. The van der Waals surface area contributed by atoms with Crippen LogP contribution >= 0.6 is 11.8 Å². The van der Waals surface area contributed by atoms with Crippen LogP contribution in [0.2, 0.25) is 0 Å². The number of rotatable bonds is 4. The van der Waals surface area contributed by atoms with Gasteiger partial charge in [0.2, 0.25) is 10.0 Å². The molecular formula is C15H24N4O3S2. The first-order valence-corrected chi connectivity index (χ1v) is 10.9. The van der Waals surface area contributed by atoms with E-state index in [9.17, 15) is 13.2 Å². The quantitative estimate of drug-likeness (QED) is 0.715. The highest BCUT2D eigenvalue weighted by Crippen LogP contribution is 2.21. The Morgan fingerprint density at radius 1 is 1.38 bits per heavy atom. The van der Waals surface area contributed by atoms with Crippen molar-refractivity contribution in [1.82, 2.24) is 19.9 Å². The van der Waals surface area contributed by atoms with Gasteiger partial charge in [-0.1, -0.05) is 6.92 Å². The number of nitrogens with one attached hydrogen (secondary N) is 3. The zero-order valence-electron chi connectivity index (χ0n) is 13.7. The maximum absolute atomic E-state index is 12.6. The Morgan fingerprint density at radius 3 is 2.83 bits per heavy atom. The molecule has 9 heteroatoms. The van der Waals surface area contributed by atoms with E-state index in [1.54, 1.807) is 11.8 Å². The number of piperidine rings is 1. The van der Waals surface area contributed by atoms with Crippen molar-refractivity contribution in [3.63, 3.8) is 0 Å². The van der Waals surface area contributed by atoms with E-state index in [2.05, 4.69) is 22.5 Å². The largest absolute Gasteiger partial charge is 0.356 e. The molecule has 0 aromatic carbocycles. The van der Waals surface area contributed by atoms with Crippen molar-refractivity contribution in [2.24, 2.45) is 5.92 Å². The van der Waals surface area contributed by atoms with Crippen LogP contribution in [0.4, 0.5) is 0 Å². The summed E-state index contributed by atoms with van der Waals surface area (Å²) in [5.74, 6) is 1.73. The normalized spacial score (nSPS) is 26.2. The molecule has 0 saturated carbocycles. The number of aromatic nitrogens is 1. The molecule has 24 heavy (non-hydrogen) atoms. The lowest BCUT2D eigenvalue weighted by Crippen LogP contribution is -2.48. The molecule has 3 N–H and O–H groups in total. The molecule has 3 heterocycles. The van der Waals surface area contributed by atoms with E-state index in [1.165, 1.54) is 16.6 Å². The fourth-order valence-electron chi connectivity index (χ4n) is 3.07. The van der Waals surface area contributed by atoms with Gasteiger partial charge in [0.05, 0.1) is 0 Å². The Kier molecular flexibility index (Phi) is 5.53. The molecule has 2 atom stereocenters. The van der Waals surface area contributed by atoms with Crippen molar-refractivity contribution in [3.05, 3.63) is 18.0 Å². The number of sulfonamides is 1. The van der Waals surface area contributed by atoms with Crippen molar-refractivity contribution < 1.29 is 13.2 Å². The second kappa shape index (κ2) is 7.47. The molecule has 134 valence electrons. The minimum atomic E-state index is -3.52. The van der Waals surface area contributed by atoms with Gasteiger partial charge < -0.3 is 15.6 Å². The van der Waals surface area contributed by atoms with E-state index >= 15 is 0 Å². The molecule has 0 bridgehead atoms. The first-order valence-electron chi connectivity index (χ1n) is 8.26. The van der Waals surface area contributed by atoms with E-state index in [4.69, 9.17) is 0 Å². The first-order chi connectivity index (χ1) is 11.5. The smallest absolute Gasteiger partial charge is 0.267 e. The van der Waals surface area contributed by atoms with Gasteiger partial charge in [0, 0.05) is 36.8 Å². The fraction of sp³-hybridized carbons (Fsp3) is 0.667. The molecule has 3 rings (SSSR count). The molecule has 7 nitrogen and oxygen atoms in total. The minimum absolute atomic E-state index is 0.112. The monoisotopic (exact) mass is 372 g/mol. The standard InChI is InChI=1S/C15H24N4O3S2/c1-11-9-16-3-2-13(11)18-15(20)14-8-12(10-17-14)24(21,22)19-4-6-23-7-5-19/h8,10-11,13,16-17H,2-7,9H2,1H3,(H,18,20). The van der Waals surface area contributed by atoms with Crippen molar-refractivity contribution in [2.45, 2.75) is 24.3 Å². The SMILES string of the molecule is CC1CNCCC1NC(=O)c1cc(S(=O)(=O)N2CCSCC2)c[nH]1. The van der Waals surface area contributed by atoms with Gasteiger partial charge in [0.25, 0.3) is 5.91 Å². The van der Waals surface area contributed by atoms with E-state index < -0.39 is 10.0 Å². The predicted molar refractivity (Wildman–Crippen MR) is 94.8 cm³/mol. The molecule has 0 spiro atoms. The Hall–Kier alpha value is -1.03. The second-order valence-electron chi connectivity index (χ2n) is 6.32. The molecule has 0 aliphatic carbocycles. The van der Waals surface area contributed by atoms with E-state index in [0.29, 0.717) is 24.7 Å². The molecular weight excluding hydrogens is 348 g/mol. The van der Waals surface area contributed by atoms with Crippen LogP contribution in [0.15, 0.2) is 17.2 Å². The number of carbonyl (C=O) groups is 1. The zero-order valence-corrected chi connectivity index (χ0v) is 15.4. The molecule has 2 aliphatic rings. The third-order valence-electron chi connectivity index (χ3n) is 4.61. The number of aromatic amines is 1. The summed E-state index contributed by atoms with van der Waals surface area (Å²) < 4.78 is 26.7. The Labute approximate surface area is 147 Å². The lowest BCUT2D eigenvalue weighted by molar-refractivity contribution is 0.0909. The summed E-state index contributed by atoms with van der Waals surface area (Å²) in [6.07, 6.45) is 2.29. The highest BCUT2D eigenvalue weighted by Gasteiger charge is 2.29. The minimum Gasteiger partial charge on any atom is -0.356 e. The van der Waals surface area contributed by atoms with Gasteiger partial charge in [-0.3, -0.25) is 4.79 Å². The second-order valence-corrected chi connectivity index (χ2v) is 9.48. The molecule has 2 saturated heterocycles. The van der Waals surface area contributed by atoms with E-state index in [-0.39, 0.29) is 16.8 Å². The van der Waals surface area contributed by atoms with Gasteiger partial charge in [-0.2, -0.15) is 16.1 Å². The van der Waals surface area contributed by atoms with Gasteiger partial charge in [-0.05, 0) is 31.5 Å². The first kappa shape index (κ1) is 17.8. The number of nitrogens with zero attached hydrogens (tertiary/aromatic N) is 1. The maximum atomic E-state index is 12.6. The van der Waals surface area contributed by atoms with Crippen LogP contribution in [0.3, 0.4) is 0 Å². The topological polar surface area (TPSA) is 94.3 Å². The average molecular weight is 373 g/mol. The molecule has 2 aliphatic heterocycles. The fourth-order valence-corrected chi connectivity index (χ4v) is 5.64. The van der Waals surface area contributed by atoms with Crippen molar-refractivity contribution in [3.8, 4) is 0 Å². The van der Waals surface area contributed by atoms with Crippen LogP contribution in [0, 0.1) is 5.92 Å². The van der Waals surface area contributed by atoms with Gasteiger partial charge in [-0.25, -0.2) is 8.42 Å². The van der Waals surface area contributed by atoms with Crippen LogP contribution < -0.4 is 10.6 Å². The third-order valence-corrected chi connectivity index (χ3v) is 7.43. The van der Waals surface area contributed by atoms with Gasteiger partial charge in [0.1, 0.15) is 10.6 Å². The average Bonchev–Trinajstić information content (AvgIpc) is 3.09. The van der Waals surface area contributed by atoms with E-state index in [1.807, 2.05) is 0 Å². The summed E-state index contributed by atoms with van der Waals surface area (Å²) in [6, 6.07) is 1.55. The van der Waals surface area contributed by atoms with Crippen LogP contribution in [-0.4, -0.2) is 67.3 Å². The number of H-pyrrole nitrogens is 1. The molecule has 1 aromatic rings. The van der Waals surface area contributed by atoms with Crippen molar-refractivity contribution >= 4 is 27.7 Å². The summed E-state index contributed by atoms with van der Waals surface area (Å²) in [7, 11) is -3.52. The maximum Gasteiger partial charge on any atom is 0.267 e. The molecule has 2 fully saturated rings. The van der Waals surface area contributed by atoms with E-state index in [0.717, 1.165) is 31.0 Å². The highest BCUT2D eigenvalue weighted by atomic mass is 32.2. The van der Waals surface area contributed by atoms with Crippen LogP contribution in [0.1, 0.15) is 23.8 Å².